The number of para-hydroxylation sites is 1. The number of benzene rings is 2. The second kappa shape index (κ2) is 8.04. The molecule has 0 radical (unpaired) electrons. The highest BCUT2D eigenvalue weighted by Gasteiger charge is 2.40. The molecule has 1 aliphatic rings. The predicted molar refractivity (Wildman–Crippen MR) is 115 cm³/mol. The first-order valence-corrected chi connectivity index (χ1v) is 12.0. The Morgan fingerprint density at radius 1 is 1.03 bits per heavy atom. The number of carbonyl (C=O) groups is 1. The van der Waals surface area contributed by atoms with Crippen LogP contribution in [0.25, 0.3) is 5.69 Å². The van der Waals surface area contributed by atoms with Crippen molar-refractivity contribution < 1.29 is 13.2 Å². The lowest BCUT2D eigenvalue weighted by Crippen LogP contribution is -2.41. The second-order valence-electron chi connectivity index (χ2n) is 6.76. The molecule has 0 unspecified atom stereocenters. The molecule has 2 heterocycles. The number of Topliss-reactive ketones (excluding diaryl/α,β-unsaturated/α-hetero) is 1. The standard InChI is InChI=1S/C21H21N3O3S2/c1-2-13-28-21-22-20-19(24(21)17-11-7-4-8-12-17)18(25)15-29(26,27)23(20)14-16-9-5-3-6-10-16/h3-12H,2,13-15H2,1H3. The number of fused-ring (bicyclic) bond motifs is 1. The zero-order valence-electron chi connectivity index (χ0n) is 16.0. The third kappa shape index (κ3) is 3.82. The molecule has 1 aromatic heterocycles. The van der Waals surface area contributed by atoms with E-state index in [2.05, 4.69) is 11.9 Å². The lowest BCUT2D eigenvalue weighted by Gasteiger charge is -2.27. The number of aromatic nitrogens is 2. The summed E-state index contributed by atoms with van der Waals surface area (Å²) in [4.78, 5) is 17.5. The van der Waals surface area contributed by atoms with Crippen LogP contribution in [0.5, 0.6) is 0 Å². The monoisotopic (exact) mass is 427 g/mol. The van der Waals surface area contributed by atoms with Gasteiger partial charge in [-0.1, -0.05) is 67.2 Å². The molecule has 0 atom stereocenters. The van der Waals surface area contributed by atoms with Crippen LogP contribution in [0.1, 0.15) is 29.4 Å². The Morgan fingerprint density at radius 3 is 2.34 bits per heavy atom. The van der Waals surface area contributed by atoms with Gasteiger partial charge in [0.05, 0.1) is 6.54 Å². The van der Waals surface area contributed by atoms with Gasteiger partial charge in [0, 0.05) is 11.4 Å². The van der Waals surface area contributed by atoms with Gasteiger partial charge in [-0.25, -0.2) is 17.7 Å². The highest BCUT2D eigenvalue weighted by Crippen LogP contribution is 2.36. The molecular weight excluding hydrogens is 406 g/mol. The van der Waals surface area contributed by atoms with Crippen molar-refractivity contribution in [2.75, 3.05) is 15.8 Å². The van der Waals surface area contributed by atoms with Gasteiger partial charge in [0.2, 0.25) is 10.0 Å². The Bertz CT molecular complexity index is 1130. The molecule has 6 nitrogen and oxygen atoms in total. The average Bonchev–Trinajstić information content (AvgIpc) is 3.10. The van der Waals surface area contributed by atoms with Gasteiger partial charge in [-0.3, -0.25) is 9.36 Å². The molecule has 0 N–H and O–H groups in total. The van der Waals surface area contributed by atoms with Crippen LogP contribution in [0.15, 0.2) is 65.8 Å². The predicted octanol–water partition coefficient (Wildman–Crippen LogP) is 3.91. The molecule has 0 bridgehead atoms. The molecule has 0 aliphatic carbocycles. The number of rotatable bonds is 6. The van der Waals surface area contributed by atoms with Crippen LogP contribution in [-0.4, -0.2) is 35.3 Å². The Hall–Kier alpha value is -2.58. The maximum atomic E-state index is 12.9. The van der Waals surface area contributed by atoms with Crippen LogP contribution in [0.3, 0.4) is 0 Å². The van der Waals surface area contributed by atoms with E-state index in [1.807, 2.05) is 60.7 Å². The summed E-state index contributed by atoms with van der Waals surface area (Å²) < 4.78 is 28.8. The van der Waals surface area contributed by atoms with Gasteiger partial charge in [-0.2, -0.15) is 0 Å². The van der Waals surface area contributed by atoms with Crippen molar-refractivity contribution in [2.24, 2.45) is 0 Å². The summed E-state index contributed by atoms with van der Waals surface area (Å²) >= 11 is 1.52. The first-order chi connectivity index (χ1) is 14.0. The smallest absolute Gasteiger partial charge is 0.244 e. The summed E-state index contributed by atoms with van der Waals surface area (Å²) in [5.41, 5.74) is 1.97. The Labute approximate surface area is 174 Å². The van der Waals surface area contributed by atoms with Crippen molar-refractivity contribution in [3.8, 4) is 5.69 Å². The van der Waals surface area contributed by atoms with Crippen LogP contribution >= 0.6 is 11.8 Å². The summed E-state index contributed by atoms with van der Waals surface area (Å²) in [6.45, 7) is 2.22. The number of thioether (sulfide) groups is 1. The topological polar surface area (TPSA) is 72.3 Å². The van der Waals surface area contributed by atoms with Crippen molar-refractivity contribution in [1.82, 2.24) is 9.55 Å². The molecule has 29 heavy (non-hydrogen) atoms. The summed E-state index contributed by atoms with van der Waals surface area (Å²) in [5.74, 6) is 0.0579. The SMILES string of the molecule is CCCSc1nc2c(n1-c1ccccc1)C(=O)CS(=O)(=O)N2Cc1ccccc1. The molecular formula is C21H21N3O3S2. The van der Waals surface area contributed by atoms with E-state index in [0.29, 0.717) is 10.9 Å². The fraction of sp³-hybridized carbons (Fsp3) is 0.238. The Kier molecular flexibility index (Phi) is 5.47. The highest BCUT2D eigenvalue weighted by molar-refractivity contribution is 7.99. The number of hydrogen-bond acceptors (Lipinski definition) is 5. The molecule has 0 spiro atoms. The quantitative estimate of drug-likeness (QED) is 0.558. The first-order valence-electron chi connectivity index (χ1n) is 9.39. The molecule has 3 aromatic rings. The van der Waals surface area contributed by atoms with Crippen molar-refractivity contribution >= 4 is 33.4 Å². The maximum absolute atomic E-state index is 12.9. The number of hydrogen-bond donors (Lipinski definition) is 0. The van der Waals surface area contributed by atoms with Gasteiger partial charge in [-0.15, -0.1) is 0 Å². The van der Waals surface area contributed by atoms with E-state index in [1.165, 1.54) is 16.1 Å². The van der Waals surface area contributed by atoms with Gasteiger partial charge < -0.3 is 0 Å². The molecule has 0 amide bonds. The number of imidazole rings is 1. The third-order valence-corrected chi connectivity index (χ3v) is 7.34. The number of anilines is 1. The fourth-order valence-corrected chi connectivity index (χ4v) is 5.51. The number of nitrogens with zero attached hydrogens (tertiary/aromatic N) is 3. The summed E-state index contributed by atoms with van der Waals surface area (Å²) in [5, 5.41) is 0.631. The molecule has 8 heteroatoms. The minimum Gasteiger partial charge on any atom is -0.291 e. The number of sulfonamides is 1. The van der Waals surface area contributed by atoms with Crippen molar-refractivity contribution in [3.05, 3.63) is 71.9 Å². The molecule has 0 fully saturated rings. The molecule has 150 valence electrons. The molecule has 1 aliphatic heterocycles. The minimum atomic E-state index is -3.79. The van der Waals surface area contributed by atoms with Gasteiger partial charge in [0.25, 0.3) is 0 Å². The zero-order chi connectivity index (χ0) is 20.4. The molecule has 0 saturated carbocycles. The van der Waals surface area contributed by atoms with E-state index in [1.54, 1.807) is 4.57 Å². The van der Waals surface area contributed by atoms with E-state index < -0.39 is 21.6 Å². The van der Waals surface area contributed by atoms with Crippen LogP contribution in [-0.2, 0) is 16.6 Å². The molecule has 4 rings (SSSR count). The minimum absolute atomic E-state index is 0.146. The maximum Gasteiger partial charge on any atom is 0.244 e. The normalized spacial score (nSPS) is 15.3. The third-order valence-electron chi connectivity index (χ3n) is 4.60. The molecule has 2 aromatic carbocycles. The lowest BCUT2D eigenvalue weighted by atomic mass is 10.2. The van der Waals surface area contributed by atoms with E-state index in [-0.39, 0.29) is 12.4 Å². The number of ketones is 1. The first kappa shape index (κ1) is 19.7. The second-order valence-corrected chi connectivity index (χ2v) is 9.71. The van der Waals surface area contributed by atoms with Crippen molar-refractivity contribution in [1.29, 1.82) is 0 Å². The number of carbonyl (C=O) groups excluding carboxylic acids is 1. The summed E-state index contributed by atoms with van der Waals surface area (Å²) in [6, 6.07) is 18.8. The van der Waals surface area contributed by atoms with E-state index >= 15 is 0 Å². The van der Waals surface area contributed by atoms with Gasteiger partial charge in [-0.05, 0) is 24.1 Å². The largest absolute Gasteiger partial charge is 0.291 e. The summed E-state index contributed by atoms with van der Waals surface area (Å²) in [6.07, 6.45) is 0.941. The highest BCUT2D eigenvalue weighted by atomic mass is 32.2. The van der Waals surface area contributed by atoms with E-state index in [4.69, 9.17) is 0 Å². The van der Waals surface area contributed by atoms with Crippen LogP contribution < -0.4 is 4.31 Å². The fourth-order valence-electron chi connectivity index (χ4n) is 3.29. The Morgan fingerprint density at radius 2 is 1.69 bits per heavy atom. The Balaban J connectivity index is 1.89. The van der Waals surface area contributed by atoms with E-state index in [0.717, 1.165) is 23.4 Å². The van der Waals surface area contributed by atoms with Crippen LogP contribution in [0.4, 0.5) is 5.82 Å². The lowest BCUT2D eigenvalue weighted by molar-refractivity contribution is 0.101. The zero-order valence-corrected chi connectivity index (χ0v) is 17.6. The van der Waals surface area contributed by atoms with Gasteiger partial charge in [0.1, 0.15) is 11.4 Å². The van der Waals surface area contributed by atoms with Crippen LogP contribution in [0.2, 0.25) is 0 Å². The summed E-state index contributed by atoms with van der Waals surface area (Å²) in [7, 11) is -3.79. The van der Waals surface area contributed by atoms with E-state index in [9.17, 15) is 13.2 Å². The van der Waals surface area contributed by atoms with Gasteiger partial charge >= 0.3 is 0 Å². The molecule has 0 saturated heterocycles. The van der Waals surface area contributed by atoms with Gasteiger partial charge in [0.15, 0.2) is 16.8 Å². The van der Waals surface area contributed by atoms with Crippen molar-refractivity contribution in [3.63, 3.8) is 0 Å². The average molecular weight is 428 g/mol. The van der Waals surface area contributed by atoms with Crippen LogP contribution in [0, 0.1) is 0 Å². The van der Waals surface area contributed by atoms with Crippen molar-refractivity contribution in [2.45, 2.75) is 25.0 Å².